The number of nitrogens with two attached hydrogens (primary N) is 1. The molecule has 3 N–H and O–H groups in total. The van der Waals surface area contributed by atoms with Gasteiger partial charge in [-0.25, -0.2) is 0 Å². The van der Waals surface area contributed by atoms with Crippen LogP contribution >= 0.6 is 0 Å². The van der Waals surface area contributed by atoms with Crippen molar-refractivity contribution in [3.63, 3.8) is 0 Å². The van der Waals surface area contributed by atoms with E-state index in [0.29, 0.717) is 13.1 Å². The standard InChI is InChI=1S/C17H22N2O2/c1-12(17(20)19-9-3-8-18)13-4-5-15-11-16(21-2)7-6-14(15)10-13/h4-7,10-12H,3,8-9,18H2,1-2H3,(H,19,20). The number of fused-ring (bicyclic) bond motifs is 1. The van der Waals surface area contributed by atoms with Crippen LogP contribution in [0.5, 0.6) is 5.75 Å². The highest BCUT2D eigenvalue weighted by Gasteiger charge is 2.14. The first-order valence-corrected chi connectivity index (χ1v) is 7.21. The fourth-order valence-corrected chi connectivity index (χ4v) is 2.26. The lowest BCUT2D eigenvalue weighted by atomic mass is 9.97. The van der Waals surface area contributed by atoms with Crippen molar-refractivity contribution in [3.05, 3.63) is 42.0 Å². The molecular weight excluding hydrogens is 264 g/mol. The summed E-state index contributed by atoms with van der Waals surface area (Å²) in [7, 11) is 1.66. The van der Waals surface area contributed by atoms with Gasteiger partial charge in [0.05, 0.1) is 13.0 Å². The minimum absolute atomic E-state index is 0.0383. The second-order valence-electron chi connectivity index (χ2n) is 5.13. The molecule has 4 heteroatoms. The van der Waals surface area contributed by atoms with Gasteiger partial charge >= 0.3 is 0 Å². The Labute approximate surface area is 125 Å². The van der Waals surface area contributed by atoms with E-state index in [2.05, 4.69) is 11.4 Å². The summed E-state index contributed by atoms with van der Waals surface area (Å²) >= 11 is 0. The van der Waals surface area contributed by atoms with Crippen LogP contribution in [0.4, 0.5) is 0 Å². The van der Waals surface area contributed by atoms with Crippen LogP contribution in [-0.2, 0) is 4.79 Å². The molecule has 0 saturated heterocycles. The van der Waals surface area contributed by atoms with Crippen molar-refractivity contribution in [2.45, 2.75) is 19.3 Å². The zero-order valence-electron chi connectivity index (χ0n) is 12.6. The lowest BCUT2D eigenvalue weighted by Crippen LogP contribution is -2.29. The molecule has 0 saturated carbocycles. The summed E-state index contributed by atoms with van der Waals surface area (Å²) in [4.78, 5) is 12.1. The molecule has 2 aromatic carbocycles. The van der Waals surface area contributed by atoms with Gasteiger partial charge in [-0.3, -0.25) is 4.79 Å². The molecule has 0 heterocycles. The van der Waals surface area contributed by atoms with Crippen LogP contribution in [0.3, 0.4) is 0 Å². The van der Waals surface area contributed by atoms with Crippen molar-refractivity contribution in [2.24, 2.45) is 5.73 Å². The molecule has 4 nitrogen and oxygen atoms in total. The van der Waals surface area contributed by atoms with Crippen molar-refractivity contribution in [3.8, 4) is 5.75 Å². The van der Waals surface area contributed by atoms with E-state index in [1.807, 2.05) is 37.3 Å². The number of benzene rings is 2. The van der Waals surface area contributed by atoms with Gasteiger partial charge in [-0.05, 0) is 48.4 Å². The second-order valence-corrected chi connectivity index (χ2v) is 5.13. The largest absolute Gasteiger partial charge is 0.497 e. The number of carbonyl (C=O) groups excluding carboxylic acids is 1. The fourth-order valence-electron chi connectivity index (χ4n) is 2.26. The van der Waals surface area contributed by atoms with Gasteiger partial charge in [0.1, 0.15) is 5.75 Å². The molecule has 21 heavy (non-hydrogen) atoms. The van der Waals surface area contributed by atoms with Gasteiger partial charge in [-0.2, -0.15) is 0 Å². The Balaban J connectivity index is 2.16. The minimum Gasteiger partial charge on any atom is -0.497 e. The van der Waals surface area contributed by atoms with Crippen molar-refractivity contribution in [1.82, 2.24) is 5.32 Å². The highest BCUT2D eigenvalue weighted by atomic mass is 16.5. The molecule has 2 rings (SSSR count). The van der Waals surface area contributed by atoms with Gasteiger partial charge in [-0.15, -0.1) is 0 Å². The molecule has 0 aliphatic rings. The molecule has 0 radical (unpaired) electrons. The van der Waals surface area contributed by atoms with Gasteiger partial charge in [0.2, 0.25) is 5.91 Å². The summed E-state index contributed by atoms with van der Waals surface area (Å²) < 4.78 is 5.22. The number of amides is 1. The lowest BCUT2D eigenvalue weighted by Gasteiger charge is -2.13. The van der Waals surface area contributed by atoms with Gasteiger partial charge < -0.3 is 15.8 Å². The topological polar surface area (TPSA) is 64.3 Å². The van der Waals surface area contributed by atoms with E-state index >= 15 is 0 Å². The number of nitrogens with one attached hydrogen (secondary N) is 1. The third-order valence-electron chi connectivity index (χ3n) is 3.64. The van der Waals surface area contributed by atoms with Crippen LogP contribution in [0.1, 0.15) is 24.8 Å². The Morgan fingerprint density at radius 1 is 1.24 bits per heavy atom. The molecule has 0 aromatic heterocycles. The predicted molar refractivity (Wildman–Crippen MR) is 85.6 cm³/mol. The Morgan fingerprint density at radius 3 is 2.67 bits per heavy atom. The van der Waals surface area contributed by atoms with Gasteiger partial charge in [0.15, 0.2) is 0 Å². The normalized spacial score (nSPS) is 12.1. The van der Waals surface area contributed by atoms with E-state index in [0.717, 1.165) is 28.5 Å². The quantitative estimate of drug-likeness (QED) is 0.802. The molecule has 0 bridgehead atoms. The first kappa shape index (κ1) is 15.3. The summed E-state index contributed by atoms with van der Waals surface area (Å²) in [5.41, 5.74) is 6.44. The maximum atomic E-state index is 12.1. The molecule has 1 atom stereocenters. The molecule has 0 fully saturated rings. The molecule has 0 aliphatic carbocycles. The summed E-state index contributed by atoms with van der Waals surface area (Å²) in [5.74, 6) is 0.702. The summed E-state index contributed by atoms with van der Waals surface area (Å²) in [5, 5.41) is 5.12. The molecule has 0 aliphatic heterocycles. The summed E-state index contributed by atoms with van der Waals surface area (Å²) in [6, 6.07) is 12.0. The van der Waals surface area contributed by atoms with E-state index in [9.17, 15) is 4.79 Å². The van der Waals surface area contributed by atoms with Crippen LogP contribution < -0.4 is 15.8 Å². The van der Waals surface area contributed by atoms with E-state index in [1.54, 1.807) is 7.11 Å². The fraction of sp³-hybridized carbons (Fsp3) is 0.353. The Hall–Kier alpha value is -2.07. The predicted octanol–water partition coefficient (Wildman–Crippen LogP) is 2.42. The number of carbonyl (C=O) groups is 1. The maximum absolute atomic E-state index is 12.1. The van der Waals surface area contributed by atoms with Crippen LogP contribution in [0.25, 0.3) is 10.8 Å². The van der Waals surface area contributed by atoms with Crippen LogP contribution in [0, 0.1) is 0 Å². The maximum Gasteiger partial charge on any atom is 0.227 e. The van der Waals surface area contributed by atoms with Gasteiger partial charge in [-0.1, -0.05) is 24.3 Å². The number of hydrogen-bond donors (Lipinski definition) is 2. The Bertz CT molecular complexity index is 625. The Morgan fingerprint density at radius 2 is 1.95 bits per heavy atom. The molecule has 0 spiro atoms. The highest BCUT2D eigenvalue weighted by molar-refractivity contribution is 5.88. The SMILES string of the molecule is COc1ccc2cc(C(C)C(=O)NCCCN)ccc2c1. The number of methoxy groups -OCH3 is 1. The van der Waals surface area contributed by atoms with Crippen LogP contribution in [0.2, 0.25) is 0 Å². The lowest BCUT2D eigenvalue weighted by molar-refractivity contribution is -0.122. The highest BCUT2D eigenvalue weighted by Crippen LogP contribution is 2.25. The average molecular weight is 286 g/mol. The number of rotatable bonds is 6. The monoisotopic (exact) mass is 286 g/mol. The number of ether oxygens (including phenoxy) is 1. The third kappa shape index (κ3) is 3.73. The molecule has 112 valence electrons. The molecule has 2 aromatic rings. The third-order valence-corrected chi connectivity index (χ3v) is 3.64. The van der Waals surface area contributed by atoms with Crippen molar-refractivity contribution >= 4 is 16.7 Å². The van der Waals surface area contributed by atoms with Crippen LogP contribution in [-0.4, -0.2) is 26.1 Å². The zero-order chi connectivity index (χ0) is 15.2. The summed E-state index contributed by atoms with van der Waals surface area (Å²) in [6.45, 7) is 3.14. The number of hydrogen-bond acceptors (Lipinski definition) is 3. The van der Waals surface area contributed by atoms with E-state index < -0.39 is 0 Å². The zero-order valence-corrected chi connectivity index (χ0v) is 12.6. The molecule has 1 unspecified atom stereocenters. The second kappa shape index (κ2) is 7.09. The molecule has 1 amide bonds. The summed E-state index contributed by atoms with van der Waals surface area (Å²) in [6.07, 6.45) is 0.802. The first-order valence-electron chi connectivity index (χ1n) is 7.21. The first-order chi connectivity index (χ1) is 10.2. The van der Waals surface area contributed by atoms with Crippen LogP contribution in [0.15, 0.2) is 36.4 Å². The van der Waals surface area contributed by atoms with E-state index in [1.165, 1.54) is 0 Å². The van der Waals surface area contributed by atoms with Gasteiger partial charge in [0.25, 0.3) is 0 Å². The van der Waals surface area contributed by atoms with Crippen molar-refractivity contribution in [1.29, 1.82) is 0 Å². The minimum atomic E-state index is -0.172. The van der Waals surface area contributed by atoms with E-state index in [-0.39, 0.29) is 11.8 Å². The van der Waals surface area contributed by atoms with Crippen molar-refractivity contribution < 1.29 is 9.53 Å². The average Bonchev–Trinajstić information content (AvgIpc) is 2.53. The van der Waals surface area contributed by atoms with Crippen molar-refractivity contribution in [2.75, 3.05) is 20.2 Å². The smallest absolute Gasteiger partial charge is 0.227 e. The Kier molecular flexibility index (Phi) is 5.17. The van der Waals surface area contributed by atoms with Gasteiger partial charge in [0, 0.05) is 6.54 Å². The van der Waals surface area contributed by atoms with E-state index in [4.69, 9.17) is 10.5 Å². The molecular formula is C17H22N2O2.